The third-order valence-corrected chi connectivity index (χ3v) is 3.96. The van der Waals surface area contributed by atoms with Crippen LogP contribution < -0.4 is 11.5 Å². The Bertz CT molecular complexity index is 718. The Kier molecular flexibility index (Phi) is 4.95. The van der Waals surface area contributed by atoms with Crippen LogP contribution >= 0.6 is 0 Å². The predicted octanol–water partition coefficient (Wildman–Crippen LogP) is 1.03. The van der Waals surface area contributed by atoms with Crippen LogP contribution in [0.5, 0.6) is 0 Å². The fourth-order valence-corrected chi connectivity index (χ4v) is 2.61. The summed E-state index contributed by atoms with van der Waals surface area (Å²) in [7, 11) is 0. The normalized spacial score (nSPS) is 17.0. The van der Waals surface area contributed by atoms with Crippen molar-refractivity contribution in [1.29, 1.82) is 0 Å². The summed E-state index contributed by atoms with van der Waals surface area (Å²) < 4.78 is 0. The first-order valence-corrected chi connectivity index (χ1v) is 7.90. The molecule has 120 valence electrons. The van der Waals surface area contributed by atoms with E-state index in [1.807, 2.05) is 30.5 Å². The van der Waals surface area contributed by atoms with E-state index < -0.39 is 0 Å². The van der Waals surface area contributed by atoms with Crippen molar-refractivity contribution in [3.05, 3.63) is 42.4 Å². The number of rotatable bonds is 6. The molecule has 0 atom stereocenters. The molecule has 1 aliphatic heterocycles. The number of aromatic nitrogens is 2. The molecule has 0 unspecified atom stereocenters. The van der Waals surface area contributed by atoms with E-state index in [1.54, 1.807) is 6.20 Å². The van der Waals surface area contributed by atoms with Gasteiger partial charge in [0.1, 0.15) is 0 Å². The Morgan fingerprint density at radius 3 is 2.83 bits per heavy atom. The zero-order chi connectivity index (χ0) is 16.1. The molecule has 1 aromatic carbocycles. The van der Waals surface area contributed by atoms with Gasteiger partial charge in [0, 0.05) is 31.1 Å². The third-order valence-electron chi connectivity index (χ3n) is 3.96. The van der Waals surface area contributed by atoms with E-state index in [4.69, 9.17) is 11.5 Å². The number of aliphatic imine (C=N–C) groups is 1. The maximum absolute atomic E-state index is 5.74. The van der Waals surface area contributed by atoms with Gasteiger partial charge in [-0.15, -0.1) is 0 Å². The quantitative estimate of drug-likeness (QED) is 0.777. The molecule has 0 aliphatic carbocycles. The molecule has 1 fully saturated rings. The number of fused-ring (bicyclic) bond motifs is 1. The average molecular weight is 310 g/mol. The highest BCUT2D eigenvalue weighted by Gasteiger charge is 2.24. The number of hydrogen-bond acceptors (Lipinski definition) is 6. The van der Waals surface area contributed by atoms with Crippen LogP contribution in [0.15, 0.2) is 41.7 Å². The van der Waals surface area contributed by atoms with Crippen LogP contribution in [0, 0.1) is 0 Å². The summed E-state index contributed by atoms with van der Waals surface area (Å²) in [6.45, 7) is 3.76. The first kappa shape index (κ1) is 15.6. The lowest BCUT2D eigenvalue weighted by Crippen LogP contribution is -2.50. The summed E-state index contributed by atoms with van der Waals surface area (Å²) in [5.41, 5.74) is 14.5. The molecular formula is C17H22N6. The van der Waals surface area contributed by atoms with E-state index in [1.165, 1.54) is 6.20 Å². The van der Waals surface area contributed by atoms with Gasteiger partial charge in [0.05, 0.1) is 29.0 Å². The van der Waals surface area contributed by atoms with Gasteiger partial charge in [-0.3, -0.25) is 14.9 Å². The van der Waals surface area contributed by atoms with Crippen LogP contribution in [0.3, 0.4) is 0 Å². The van der Waals surface area contributed by atoms with Crippen LogP contribution in [-0.2, 0) is 0 Å². The first-order valence-electron chi connectivity index (χ1n) is 7.90. The molecular weight excluding hydrogens is 288 g/mol. The summed E-state index contributed by atoms with van der Waals surface area (Å²) in [5.74, 6) is 0. The lowest BCUT2D eigenvalue weighted by Gasteiger charge is -2.36. The number of benzene rings is 1. The molecule has 0 bridgehead atoms. The predicted molar refractivity (Wildman–Crippen MR) is 94.1 cm³/mol. The van der Waals surface area contributed by atoms with Crippen molar-refractivity contribution in [3.63, 3.8) is 0 Å². The Labute approximate surface area is 135 Å². The fraction of sp³-hybridized carbons (Fsp3) is 0.353. The molecule has 0 amide bonds. The molecule has 0 spiro atoms. The Morgan fingerprint density at radius 2 is 2.09 bits per heavy atom. The average Bonchev–Trinajstić information content (AvgIpc) is 2.56. The van der Waals surface area contributed by atoms with Gasteiger partial charge in [0.25, 0.3) is 0 Å². The maximum Gasteiger partial charge on any atom is 0.0922 e. The summed E-state index contributed by atoms with van der Waals surface area (Å²) in [6, 6.07) is 8.11. The van der Waals surface area contributed by atoms with Gasteiger partial charge < -0.3 is 11.5 Å². The van der Waals surface area contributed by atoms with Crippen molar-refractivity contribution in [2.24, 2.45) is 16.5 Å². The number of para-hydroxylation sites is 2. The minimum absolute atomic E-state index is 0.330. The molecule has 4 N–H and O–H groups in total. The lowest BCUT2D eigenvalue weighted by atomic mass is 10.1. The second kappa shape index (κ2) is 7.30. The van der Waals surface area contributed by atoms with Gasteiger partial charge in [0.15, 0.2) is 0 Å². The van der Waals surface area contributed by atoms with Gasteiger partial charge in [-0.05, 0) is 31.6 Å². The van der Waals surface area contributed by atoms with E-state index in [2.05, 4.69) is 19.9 Å². The molecule has 6 nitrogen and oxygen atoms in total. The first-order chi connectivity index (χ1) is 11.3. The van der Waals surface area contributed by atoms with Gasteiger partial charge in [-0.2, -0.15) is 0 Å². The Balaban J connectivity index is 1.65. The monoisotopic (exact) mass is 310 g/mol. The molecule has 6 heteroatoms. The summed E-state index contributed by atoms with van der Waals surface area (Å²) >= 11 is 0. The van der Waals surface area contributed by atoms with Gasteiger partial charge in [-0.25, -0.2) is 4.98 Å². The van der Waals surface area contributed by atoms with Crippen molar-refractivity contribution in [2.45, 2.75) is 12.5 Å². The molecule has 1 saturated heterocycles. The summed E-state index contributed by atoms with van der Waals surface area (Å²) in [4.78, 5) is 16.0. The van der Waals surface area contributed by atoms with Gasteiger partial charge in [-0.1, -0.05) is 12.1 Å². The van der Waals surface area contributed by atoms with E-state index in [-0.39, 0.29) is 0 Å². The number of likely N-dealkylation sites (tertiary alicyclic amines) is 1. The minimum atomic E-state index is 0.330. The SMILES string of the molecule is NC=C(C=NC1CN(CCCN)C1)c1cnc2ccccc2n1. The molecule has 1 aromatic heterocycles. The highest BCUT2D eigenvalue weighted by molar-refractivity contribution is 6.09. The smallest absolute Gasteiger partial charge is 0.0922 e. The summed E-state index contributed by atoms with van der Waals surface area (Å²) in [6.07, 6.45) is 6.12. The summed E-state index contributed by atoms with van der Waals surface area (Å²) in [5, 5.41) is 0. The number of nitrogens with zero attached hydrogens (tertiary/aromatic N) is 4. The molecule has 0 radical (unpaired) electrons. The van der Waals surface area contributed by atoms with Crippen molar-refractivity contribution < 1.29 is 0 Å². The van der Waals surface area contributed by atoms with Gasteiger partial charge >= 0.3 is 0 Å². The van der Waals surface area contributed by atoms with E-state index >= 15 is 0 Å². The Hall–Kier alpha value is -2.31. The zero-order valence-corrected chi connectivity index (χ0v) is 13.1. The number of hydrogen-bond donors (Lipinski definition) is 2. The number of nitrogens with two attached hydrogens (primary N) is 2. The molecule has 0 saturated carbocycles. The molecule has 2 heterocycles. The van der Waals surface area contributed by atoms with Crippen molar-refractivity contribution >= 4 is 22.8 Å². The minimum Gasteiger partial charge on any atom is -0.404 e. The lowest BCUT2D eigenvalue weighted by molar-refractivity contribution is 0.152. The molecule has 23 heavy (non-hydrogen) atoms. The van der Waals surface area contributed by atoms with Crippen molar-refractivity contribution in [2.75, 3.05) is 26.2 Å². The standard InChI is InChI=1S/C17H22N6/c18-6-3-7-23-11-14(12-23)20-9-13(8-19)17-10-21-15-4-1-2-5-16(15)22-17/h1-2,4-5,8-10,14H,3,6-7,11-12,18-19H2. The second-order valence-electron chi connectivity index (χ2n) is 5.70. The maximum atomic E-state index is 5.74. The molecule has 2 aromatic rings. The van der Waals surface area contributed by atoms with Crippen LogP contribution in [0.1, 0.15) is 12.1 Å². The van der Waals surface area contributed by atoms with E-state index in [9.17, 15) is 0 Å². The van der Waals surface area contributed by atoms with Crippen LogP contribution in [0.25, 0.3) is 16.6 Å². The largest absolute Gasteiger partial charge is 0.404 e. The van der Waals surface area contributed by atoms with Gasteiger partial charge in [0.2, 0.25) is 0 Å². The third kappa shape index (κ3) is 3.72. The topological polar surface area (TPSA) is 93.4 Å². The highest BCUT2D eigenvalue weighted by atomic mass is 15.2. The Morgan fingerprint density at radius 1 is 1.30 bits per heavy atom. The van der Waals surface area contributed by atoms with Crippen LogP contribution in [-0.4, -0.2) is 53.3 Å². The van der Waals surface area contributed by atoms with Crippen molar-refractivity contribution in [1.82, 2.24) is 14.9 Å². The second-order valence-corrected chi connectivity index (χ2v) is 5.70. The van der Waals surface area contributed by atoms with E-state index in [0.717, 1.165) is 54.9 Å². The van der Waals surface area contributed by atoms with Crippen LogP contribution in [0.4, 0.5) is 0 Å². The van der Waals surface area contributed by atoms with Crippen molar-refractivity contribution in [3.8, 4) is 0 Å². The van der Waals surface area contributed by atoms with E-state index in [0.29, 0.717) is 6.04 Å². The fourth-order valence-electron chi connectivity index (χ4n) is 2.61. The highest BCUT2D eigenvalue weighted by Crippen LogP contribution is 2.15. The molecule has 1 aliphatic rings. The van der Waals surface area contributed by atoms with Crippen LogP contribution in [0.2, 0.25) is 0 Å². The molecule has 3 rings (SSSR count). The number of allylic oxidation sites excluding steroid dienone is 1. The zero-order valence-electron chi connectivity index (χ0n) is 13.1.